The molecule has 8 heteroatoms. The monoisotopic (exact) mass is 477 g/mol. The van der Waals surface area contributed by atoms with Gasteiger partial charge in [-0.3, -0.25) is 4.98 Å². The summed E-state index contributed by atoms with van der Waals surface area (Å²) in [6.45, 7) is 0.875. The molecule has 0 amide bonds. The van der Waals surface area contributed by atoms with Crippen molar-refractivity contribution in [3.05, 3.63) is 66.1 Å². The van der Waals surface area contributed by atoms with Gasteiger partial charge in [0.15, 0.2) is 17.3 Å². The molecule has 2 saturated carbocycles. The summed E-state index contributed by atoms with van der Waals surface area (Å²) in [6, 6.07) is 17.0. The average molecular weight is 478 g/mol. The van der Waals surface area contributed by atoms with Gasteiger partial charge in [-0.05, 0) is 43.4 Å². The van der Waals surface area contributed by atoms with E-state index in [9.17, 15) is 5.26 Å². The molecule has 0 spiro atoms. The zero-order valence-corrected chi connectivity index (χ0v) is 19.9. The second kappa shape index (κ2) is 9.17. The normalized spacial score (nSPS) is 16.6. The fourth-order valence-electron chi connectivity index (χ4n) is 4.83. The molecule has 3 aromatic heterocycles. The van der Waals surface area contributed by atoms with Crippen molar-refractivity contribution in [2.75, 3.05) is 5.73 Å². The number of nitrogens with one attached hydrogen (secondary N) is 1. The van der Waals surface area contributed by atoms with Gasteiger partial charge >= 0.3 is 0 Å². The predicted molar refractivity (Wildman–Crippen MR) is 136 cm³/mol. The van der Waals surface area contributed by atoms with E-state index in [0.717, 1.165) is 36.2 Å². The summed E-state index contributed by atoms with van der Waals surface area (Å²) < 4.78 is 5.63. The number of pyridine rings is 1. The highest BCUT2D eigenvalue weighted by Gasteiger charge is 2.46. The summed E-state index contributed by atoms with van der Waals surface area (Å²) in [4.78, 5) is 13.5. The number of hydrogen-bond acceptors (Lipinski definition) is 8. The van der Waals surface area contributed by atoms with Crippen LogP contribution in [0.2, 0.25) is 0 Å². The molecular formula is C28H27N7O. The molecule has 4 aromatic rings. The average Bonchev–Trinajstić information content (AvgIpc) is 3.28. The van der Waals surface area contributed by atoms with Crippen molar-refractivity contribution >= 4 is 5.82 Å². The van der Waals surface area contributed by atoms with Gasteiger partial charge in [-0.15, -0.1) is 0 Å². The van der Waals surface area contributed by atoms with Crippen LogP contribution in [0.25, 0.3) is 34.0 Å². The number of aromatic nitrogens is 4. The fraction of sp³-hybridized carbons (Fsp3) is 0.321. The second-order valence-electron chi connectivity index (χ2n) is 9.75. The number of nitrogens with zero attached hydrogens (tertiary/aromatic N) is 5. The van der Waals surface area contributed by atoms with E-state index in [2.05, 4.69) is 50.8 Å². The Bertz CT molecular complexity index is 1430. The van der Waals surface area contributed by atoms with E-state index in [1.165, 1.54) is 31.2 Å². The van der Waals surface area contributed by atoms with Crippen LogP contribution in [-0.2, 0) is 12.0 Å². The molecule has 0 saturated heterocycles. The Morgan fingerprint density at radius 3 is 2.58 bits per heavy atom. The van der Waals surface area contributed by atoms with Gasteiger partial charge in [0, 0.05) is 36.0 Å². The minimum Gasteiger partial charge on any atom is -0.382 e. The minimum absolute atomic E-state index is 0.264. The third-order valence-corrected chi connectivity index (χ3v) is 7.25. The van der Waals surface area contributed by atoms with Crippen LogP contribution in [0.3, 0.4) is 0 Å². The molecule has 180 valence electrons. The highest BCUT2D eigenvalue weighted by Crippen LogP contribution is 2.47. The summed E-state index contributed by atoms with van der Waals surface area (Å²) in [6.07, 6.45) is 10.2. The molecule has 36 heavy (non-hydrogen) atoms. The third-order valence-electron chi connectivity index (χ3n) is 7.25. The van der Waals surface area contributed by atoms with E-state index in [-0.39, 0.29) is 5.82 Å². The molecule has 3 N–H and O–H groups in total. The minimum atomic E-state index is -0.470. The third kappa shape index (κ3) is 4.34. The molecule has 0 aliphatic heterocycles. The fourth-order valence-corrected chi connectivity index (χ4v) is 4.83. The van der Waals surface area contributed by atoms with Gasteiger partial charge in [0.1, 0.15) is 5.69 Å². The Balaban J connectivity index is 1.22. The molecule has 0 bridgehead atoms. The van der Waals surface area contributed by atoms with Gasteiger partial charge in [-0.2, -0.15) is 5.26 Å². The number of nitrogen functional groups attached to an aromatic ring is 1. The summed E-state index contributed by atoms with van der Waals surface area (Å²) >= 11 is 0. The maximum absolute atomic E-state index is 9.53. The van der Waals surface area contributed by atoms with E-state index in [4.69, 9.17) is 15.2 Å². The van der Waals surface area contributed by atoms with E-state index < -0.39 is 5.41 Å². The van der Waals surface area contributed by atoms with Crippen LogP contribution in [0.1, 0.15) is 49.8 Å². The van der Waals surface area contributed by atoms with Gasteiger partial charge in [0.25, 0.3) is 0 Å². The van der Waals surface area contributed by atoms with Crippen molar-refractivity contribution in [1.82, 2.24) is 25.4 Å². The summed E-state index contributed by atoms with van der Waals surface area (Å²) in [5.41, 5.74) is 11.3. The molecule has 1 aromatic carbocycles. The number of hydrogen-bond donors (Lipinski definition) is 2. The Kier molecular flexibility index (Phi) is 5.70. The lowest BCUT2D eigenvalue weighted by molar-refractivity contribution is 0.434. The smallest absolute Gasteiger partial charge is 0.189 e. The highest BCUT2D eigenvalue weighted by molar-refractivity contribution is 5.73. The van der Waals surface area contributed by atoms with Gasteiger partial charge in [-0.25, -0.2) is 9.97 Å². The van der Waals surface area contributed by atoms with Gasteiger partial charge in [0.05, 0.1) is 29.1 Å². The van der Waals surface area contributed by atoms with Crippen molar-refractivity contribution in [2.24, 2.45) is 0 Å². The number of nitrogens with two attached hydrogens (primary N) is 1. The van der Waals surface area contributed by atoms with E-state index >= 15 is 0 Å². The van der Waals surface area contributed by atoms with Crippen LogP contribution in [0.15, 0.2) is 59.4 Å². The number of anilines is 1. The van der Waals surface area contributed by atoms with E-state index in [0.29, 0.717) is 28.9 Å². The zero-order valence-electron chi connectivity index (χ0n) is 19.9. The number of nitriles is 1. The maximum atomic E-state index is 9.53. The van der Waals surface area contributed by atoms with Crippen molar-refractivity contribution < 1.29 is 4.52 Å². The van der Waals surface area contributed by atoms with Gasteiger partial charge < -0.3 is 15.6 Å². The lowest BCUT2D eigenvalue weighted by atomic mass is 10.0. The summed E-state index contributed by atoms with van der Waals surface area (Å²) in [5.74, 6) is 0.716. The van der Waals surface area contributed by atoms with Crippen molar-refractivity contribution in [2.45, 2.75) is 56.5 Å². The number of benzene rings is 1. The van der Waals surface area contributed by atoms with Crippen LogP contribution in [0.4, 0.5) is 5.82 Å². The van der Waals surface area contributed by atoms with E-state index in [1.807, 2.05) is 18.2 Å². The van der Waals surface area contributed by atoms with Crippen molar-refractivity contribution in [3.8, 4) is 40.0 Å². The highest BCUT2D eigenvalue weighted by atomic mass is 16.5. The standard InChI is InChI=1S/C28H27N7O/c29-17-28(10-11-28)25-13-20(9-12-31-25)23-16-33-27(30)26(34-23)24-14-22(35-36-24)19-7-5-18(6-8-19)15-32-21-3-1-2-4-21/h5-9,12-14,16,21,32H,1-4,10-11,15H2,(H2,30,33). The first-order valence-corrected chi connectivity index (χ1v) is 12.4. The molecule has 0 atom stereocenters. The van der Waals surface area contributed by atoms with E-state index in [1.54, 1.807) is 12.4 Å². The van der Waals surface area contributed by atoms with Crippen LogP contribution in [0.5, 0.6) is 0 Å². The molecule has 0 radical (unpaired) electrons. The first-order valence-electron chi connectivity index (χ1n) is 12.4. The van der Waals surface area contributed by atoms with Gasteiger partial charge in [0.2, 0.25) is 0 Å². The second-order valence-corrected chi connectivity index (χ2v) is 9.75. The maximum Gasteiger partial charge on any atom is 0.189 e. The Labute approximate surface area is 209 Å². The first kappa shape index (κ1) is 22.4. The molecule has 2 aliphatic rings. The van der Waals surface area contributed by atoms with Crippen LogP contribution < -0.4 is 11.1 Å². The van der Waals surface area contributed by atoms with Gasteiger partial charge in [-0.1, -0.05) is 42.3 Å². The molecule has 3 heterocycles. The lowest BCUT2D eigenvalue weighted by Crippen LogP contribution is -2.25. The Morgan fingerprint density at radius 1 is 1.03 bits per heavy atom. The predicted octanol–water partition coefficient (Wildman–Crippen LogP) is 5.03. The Hall–Kier alpha value is -4.09. The molecule has 8 nitrogen and oxygen atoms in total. The van der Waals surface area contributed by atoms with Crippen LogP contribution >= 0.6 is 0 Å². The summed E-state index contributed by atoms with van der Waals surface area (Å²) in [7, 11) is 0. The molecule has 2 fully saturated rings. The quantitative estimate of drug-likeness (QED) is 0.379. The Morgan fingerprint density at radius 2 is 1.83 bits per heavy atom. The van der Waals surface area contributed by atoms with Crippen molar-refractivity contribution in [1.29, 1.82) is 5.26 Å². The topological polar surface area (TPSA) is 127 Å². The summed E-state index contributed by atoms with van der Waals surface area (Å²) in [5, 5.41) is 17.4. The lowest BCUT2D eigenvalue weighted by Gasteiger charge is -2.11. The molecular weight excluding hydrogens is 450 g/mol. The first-order chi connectivity index (χ1) is 17.6. The molecule has 6 rings (SSSR count). The van der Waals surface area contributed by atoms with Crippen LogP contribution in [-0.4, -0.2) is 26.2 Å². The largest absolute Gasteiger partial charge is 0.382 e. The molecule has 0 unspecified atom stereocenters. The van der Waals surface area contributed by atoms with Crippen molar-refractivity contribution in [3.63, 3.8) is 0 Å². The SMILES string of the molecule is N#CC1(c2cc(-c3cnc(N)c(-c4cc(-c5ccc(CNC6CCCC6)cc5)no4)n3)ccn2)CC1. The molecule has 2 aliphatic carbocycles. The number of rotatable bonds is 7. The van der Waals surface area contributed by atoms with Crippen LogP contribution in [0, 0.1) is 11.3 Å². The zero-order chi connectivity index (χ0) is 24.5.